The molecule has 22 heavy (non-hydrogen) atoms. The SMILES string of the molecule is C=CCCC[C@@H]1C[C@H](CC#N)OC(c2ccc(OC)cc2)O1. The second kappa shape index (κ2) is 8.57. The van der Waals surface area contributed by atoms with E-state index in [0.717, 1.165) is 37.0 Å². The summed E-state index contributed by atoms with van der Waals surface area (Å²) in [5.41, 5.74) is 0.956. The van der Waals surface area contributed by atoms with Crippen LogP contribution in [-0.4, -0.2) is 19.3 Å². The van der Waals surface area contributed by atoms with Crippen LogP contribution in [-0.2, 0) is 9.47 Å². The minimum atomic E-state index is -0.410. The molecule has 2 rings (SSSR count). The fourth-order valence-corrected chi connectivity index (χ4v) is 2.61. The Morgan fingerprint density at radius 2 is 2.05 bits per heavy atom. The summed E-state index contributed by atoms with van der Waals surface area (Å²) in [7, 11) is 1.64. The molecule has 1 fully saturated rings. The number of hydrogen-bond acceptors (Lipinski definition) is 4. The molecule has 0 bridgehead atoms. The van der Waals surface area contributed by atoms with Crippen molar-refractivity contribution in [2.75, 3.05) is 7.11 Å². The third kappa shape index (κ3) is 4.59. The summed E-state index contributed by atoms with van der Waals surface area (Å²) in [6.07, 6.45) is 5.73. The van der Waals surface area contributed by atoms with Crippen molar-refractivity contribution in [1.29, 1.82) is 5.26 Å². The van der Waals surface area contributed by atoms with E-state index in [1.165, 1.54) is 0 Å². The Kier molecular flexibility index (Phi) is 6.45. The van der Waals surface area contributed by atoms with Crippen LogP contribution in [0.2, 0.25) is 0 Å². The van der Waals surface area contributed by atoms with Gasteiger partial charge in [0.1, 0.15) is 5.75 Å². The smallest absolute Gasteiger partial charge is 0.184 e. The van der Waals surface area contributed by atoms with Gasteiger partial charge in [0.2, 0.25) is 0 Å². The van der Waals surface area contributed by atoms with Crippen molar-refractivity contribution in [1.82, 2.24) is 0 Å². The lowest BCUT2D eigenvalue weighted by atomic mass is 10.0. The quantitative estimate of drug-likeness (QED) is 0.561. The van der Waals surface area contributed by atoms with Gasteiger partial charge in [0, 0.05) is 12.0 Å². The van der Waals surface area contributed by atoms with E-state index in [-0.39, 0.29) is 12.2 Å². The molecule has 1 aliphatic rings. The van der Waals surface area contributed by atoms with Gasteiger partial charge in [0.15, 0.2) is 6.29 Å². The Labute approximate surface area is 132 Å². The van der Waals surface area contributed by atoms with Crippen molar-refractivity contribution < 1.29 is 14.2 Å². The lowest BCUT2D eigenvalue weighted by molar-refractivity contribution is -0.247. The van der Waals surface area contributed by atoms with Gasteiger partial charge < -0.3 is 14.2 Å². The molecule has 1 saturated heterocycles. The maximum absolute atomic E-state index is 8.94. The molecule has 0 radical (unpaired) electrons. The molecule has 0 amide bonds. The molecule has 1 aromatic carbocycles. The number of nitriles is 1. The average Bonchev–Trinajstić information content (AvgIpc) is 2.55. The number of ether oxygens (including phenoxy) is 3. The first-order chi connectivity index (χ1) is 10.8. The van der Waals surface area contributed by atoms with Crippen molar-refractivity contribution >= 4 is 0 Å². The molecule has 0 aliphatic carbocycles. The third-order valence-corrected chi connectivity index (χ3v) is 3.80. The number of unbranched alkanes of at least 4 members (excludes halogenated alkanes) is 1. The van der Waals surface area contributed by atoms with E-state index >= 15 is 0 Å². The Bertz CT molecular complexity index is 506. The molecule has 1 aliphatic heterocycles. The van der Waals surface area contributed by atoms with Gasteiger partial charge in [-0.05, 0) is 31.4 Å². The highest BCUT2D eigenvalue weighted by Gasteiger charge is 2.30. The van der Waals surface area contributed by atoms with Gasteiger partial charge in [0.05, 0.1) is 31.8 Å². The number of methoxy groups -OCH3 is 1. The van der Waals surface area contributed by atoms with E-state index in [1.54, 1.807) is 7.11 Å². The van der Waals surface area contributed by atoms with Crippen LogP contribution in [0, 0.1) is 11.3 Å². The molecule has 0 saturated carbocycles. The number of nitrogens with zero attached hydrogens (tertiary/aromatic N) is 1. The first-order valence-electron chi connectivity index (χ1n) is 7.69. The molecule has 0 N–H and O–H groups in total. The van der Waals surface area contributed by atoms with Crippen molar-refractivity contribution in [3.05, 3.63) is 42.5 Å². The van der Waals surface area contributed by atoms with E-state index in [0.29, 0.717) is 6.42 Å². The molecule has 1 heterocycles. The maximum Gasteiger partial charge on any atom is 0.184 e. The first kappa shape index (κ1) is 16.5. The number of rotatable bonds is 7. The summed E-state index contributed by atoms with van der Waals surface area (Å²) in [5.74, 6) is 0.802. The normalized spacial score (nSPS) is 24.5. The van der Waals surface area contributed by atoms with Gasteiger partial charge >= 0.3 is 0 Å². The molecule has 0 aromatic heterocycles. The van der Waals surface area contributed by atoms with Gasteiger partial charge in [-0.1, -0.05) is 18.2 Å². The Morgan fingerprint density at radius 1 is 1.32 bits per heavy atom. The van der Waals surface area contributed by atoms with Crippen LogP contribution < -0.4 is 4.74 Å². The second-order valence-electron chi connectivity index (χ2n) is 5.44. The highest BCUT2D eigenvalue weighted by Crippen LogP contribution is 2.33. The van der Waals surface area contributed by atoms with Crippen LogP contribution in [0.3, 0.4) is 0 Å². The lowest BCUT2D eigenvalue weighted by Crippen LogP contribution is -2.33. The standard InChI is InChI=1S/C18H23NO3/c1-3-4-5-6-16-13-17(11-12-19)22-18(21-16)14-7-9-15(20-2)10-8-14/h3,7-10,16-18H,1,4-6,11,13H2,2H3/t16-,17+,18?/m1/s1. The molecule has 1 aromatic rings. The fraction of sp³-hybridized carbons (Fsp3) is 0.500. The third-order valence-electron chi connectivity index (χ3n) is 3.80. The zero-order valence-corrected chi connectivity index (χ0v) is 13.0. The highest BCUT2D eigenvalue weighted by molar-refractivity contribution is 5.28. The Balaban J connectivity index is 2.04. The van der Waals surface area contributed by atoms with E-state index < -0.39 is 6.29 Å². The molecular formula is C18H23NO3. The zero-order chi connectivity index (χ0) is 15.8. The second-order valence-corrected chi connectivity index (χ2v) is 5.44. The highest BCUT2D eigenvalue weighted by atomic mass is 16.7. The predicted octanol–water partition coefficient (Wildman–Crippen LogP) is 4.14. The van der Waals surface area contributed by atoms with Gasteiger partial charge in [0.25, 0.3) is 0 Å². The summed E-state index contributed by atoms with van der Waals surface area (Å²) in [4.78, 5) is 0. The fourth-order valence-electron chi connectivity index (χ4n) is 2.61. The van der Waals surface area contributed by atoms with E-state index in [1.807, 2.05) is 30.3 Å². The number of allylic oxidation sites excluding steroid dienone is 1. The van der Waals surface area contributed by atoms with Crippen molar-refractivity contribution in [3.8, 4) is 11.8 Å². The van der Waals surface area contributed by atoms with Crippen molar-refractivity contribution in [2.45, 2.75) is 50.6 Å². The van der Waals surface area contributed by atoms with E-state index in [2.05, 4.69) is 12.6 Å². The Hall–Kier alpha value is -1.83. The Morgan fingerprint density at radius 3 is 2.68 bits per heavy atom. The van der Waals surface area contributed by atoms with Gasteiger partial charge in [-0.3, -0.25) is 0 Å². The minimum absolute atomic E-state index is 0.0698. The molecule has 1 unspecified atom stereocenters. The van der Waals surface area contributed by atoms with Crippen LogP contribution in [0.5, 0.6) is 5.75 Å². The van der Waals surface area contributed by atoms with Crippen molar-refractivity contribution in [3.63, 3.8) is 0 Å². The van der Waals surface area contributed by atoms with Crippen LogP contribution in [0.25, 0.3) is 0 Å². The summed E-state index contributed by atoms with van der Waals surface area (Å²) >= 11 is 0. The molecule has 0 spiro atoms. The summed E-state index contributed by atoms with van der Waals surface area (Å²) in [6.45, 7) is 3.75. The van der Waals surface area contributed by atoms with Crippen LogP contribution in [0.15, 0.2) is 36.9 Å². The summed E-state index contributed by atoms with van der Waals surface area (Å²) in [6, 6.07) is 9.87. The predicted molar refractivity (Wildman–Crippen MR) is 84.4 cm³/mol. The molecule has 3 atom stereocenters. The lowest BCUT2D eigenvalue weighted by Gasteiger charge is -2.35. The molecule has 4 nitrogen and oxygen atoms in total. The van der Waals surface area contributed by atoms with Crippen molar-refractivity contribution in [2.24, 2.45) is 0 Å². The zero-order valence-electron chi connectivity index (χ0n) is 13.0. The van der Waals surface area contributed by atoms with E-state index in [9.17, 15) is 0 Å². The van der Waals surface area contributed by atoms with Gasteiger partial charge in [-0.25, -0.2) is 0 Å². The number of benzene rings is 1. The average molecular weight is 301 g/mol. The van der Waals surface area contributed by atoms with Crippen LogP contribution in [0.1, 0.15) is 44.0 Å². The first-order valence-corrected chi connectivity index (χ1v) is 7.69. The van der Waals surface area contributed by atoms with E-state index in [4.69, 9.17) is 19.5 Å². The summed E-state index contributed by atoms with van der Waals surface area (Å²) < 4.78 is 17.1. The molecule has 118 valence electrons. The van der Waals surface area contributed by atoms with Crippen LogP contribution in [0.4, 0.5) is 0 Å². The minimum Gasteiger partial charge on any atom is -0.497 e. The van der Waals surface area contributed by atoms with Crippen LogP contribution >= 0.6 is 0 Å². The monoisotopic (exact) mass is 301 g/mol. The molecule has 4 heteroatoms. The van der Waals surface area contributed by atoms with Gasteiger partial charge in [-0.15, -0.1) is 6.58 Å². The summed E-state index contributed by atoms with van der Waals surface area (Å²) in [5, 5.41) is 8.94. The maximum atomic E-state index is 8.94. The topological polar surface area (TPSA) is 51.5 Å². The largest absolute Gasteiger partial charge is 0.497 e. The molecular weight excluding hydrogens is 278 g/mol. The van der Waals surface area contributed by atoms with Gasteiger partial charge in [-0.2, -0.15) is 5.26 Å². The number of hydrogen-bond donors (Lipinski definition) is 0.